The van der Waals surface area contributed by atoms with E-state index < -0.39 is 0 Å². The summed E-state index contributed by atoms with van der Waals surface area (Å²) in [6, 6.07) is 7.68. The predicted molar refractivity (Wildman–Crippen MR) is 130 cm³/mol. The summed E-state index contributed by atoms with van der Waals surface area (Å²) in [6.45, 7) is 0.260. The van der Waals surface area contributed by atoms with Gasteiger partial charge in [0.15, 0.2) is 5.11 Å². The molecule has 1 aromatic heterocycles. The van der Waals surface area contributed by atoms with Gasteiger partial charge >= 0.3 is 0 Å². The second kappa shape index (κ2) is 9.54. The fourth-order valence-corrected chi connectivity index (χ4v) is 6.55. The Morgan fingerprint density at radius 2 is 1.87 bits per heavy atom. The molecular formula is C21H19Br3N2O3S. The summed E-state index contributed by atoms with van der Waals surface area (Å²) in [7, 11) is 0. The number of hydrogen-bond acceptors (Lipinski definition) is 4. The van der Waals surface area contributed by atoms with E-state index in [-0.39, 0.29) is 18.6 Å². The SMILES string of the molecule is O=C1/C(=C\c2ccc(COc3c(Br)cc(Br)cc3Br)o2)NC(=S)N1C1CCCCC1. The Morgan fingerprint density at radius 1 is 1.17 bits per heavy atom. The molecule has 158 valence electrons. The number of thiocarbonyl (C=S) groups is 1. The minimum Gasteiger partial charge on any atom is -0.483 e. The van der Waals surface area contributed by atoms with Crippen LogP contribution in [-0.2, 0) is 11.4 Å². The van der Waals surface area contributed by atoms with Gasteiger partial charge in [0.25, 0.3) is 5.91 Å². The van der Waals surface area contributed by atoms with Crippen LogP contribution in [0.25, 0.3) is 6.08 Å². The van der Waals surface area contributed by atoms with E-state index in [4.69, 9.17) is 21.4 Å². The van der Waals surface area contributed by atoms with Crippen molar-refractivity contribution in [3.63, 3.8) is 0 Å². The van der Waals surface area contributed by atoms with E-state index in [0.29, 0.717) is 28.1 Å². The van der Waals surface area contributed by atoms with E-state index >= 15 is 0 Å². The molecule has 0 atom stereocenters. The summed E-state index contributed by atoms with van der Waals surface area (Å²) >= 11 is 15.9. The smallest absolute Gasteiger partial charge is 0.276 e. The van der Waals surface area contributed by atoms with Crippen molar-refractivity contribution < 1.29 is 13.9 Å². The molecular weight excluding hydrogens is 600 g/mol. The number of nitrogens with one attached hydrogen (secondary N) is 1. The number of benzene rings is 1. The Bertz CT molecular complexity index is 992. The summed E-state index contributed by atoms with van der Waals surface area (Å²) in [5.74, 6) is 1.84. The molecule has 0 radical (unpaired) electrons. The topological polar surface area (TPSA) is 54.7 Å². The Morgan fingerprint density at radius 3 is 2.57 bits per heavy atom. The molecule has 1 amide bonds. The maximum Gasteiger partial charge on any atom is 0.276 e. The zero-order chi connectivity index (χ0) is 21.3. The highest BCUT2D eigenvalue weighted by atomic mass is 79.9. The van der Waals surface area contributed by atoms with Crippen LogP contribution < -0.4 is 10.1 Å². The molecule has 0 bridgehead atoms. The normalized spacial score (nSPS) is 18.9. The lowest BCUT2D eigenvalue weighted by Gasteiger charge is -2.29. The van der Waals surface area contributed by atoms with Crippen LogP contribution in [0.2, 0.25) is 0 Å². The van der Waals surface area contributed by atoms with Crippen molar-refractivity contribution >= 4 is 77.1 Å². The first kappa shape index (κ1) is 22.0. The first-order valence-electron chi connectivity index (χ1n) is 9.64. The summed E-state index contributed by atoms with van der Waals surface area (Å²) in [5.41, 5.74) is 0.450. The molecule has 2 aliphatic rings. The molecule has 2 heterocycles. The van der Waals surface area contributed by atoms with Crippen molar-refractivity contribution in [2.75, 3.05) is 0 Å². The van der Waals surface area contributed by atoms with E-state index in [1.54, 1.807) is 11.0 Å². The highest BCUT2D eigenvalue weighted by Crippen LogP contribution is 2.37. The molecule has 5 nitrogen and oxygen atoms in total. The number of halogens is 3. The zero-order valence-electron chi connectivity index (χ0n) is 15.9. The fourth-order valence-electron chi connectivity index (χ4n) is 3.72. The lowest BCUT2D eigenvalue weighted by molar-refractivity contribution is -0.124. The van der Waals surface area contributed by atoms with Gasteiger partial charge in [0.1, 0.15) is 29.6 Å². The molecule has 4 rings (SSSR count). The van der Waals surface area contributed by atoms with Gasteiger partial charge in [0.2, 0.25) is 0 Å². The van der Waals surface area contributed by atoms with Crippen LogP contribution in [0.15, 0.2) is 47.8 Å². The molecule has 2 fully saturated rings. The van der Waals surface area contributed by atoms with E-state index in [0.717, 1.165) is 39.1 Å². The summed E-state index contributed by atoms with van der Waals surface area (Å²) in [5, 5.41) is 3.53. The second-order valence-corrected chi connectivity index (χ2v) is 10.3. The van der Waals surface area contributed by atoms with Gasteiger partial charge in [-0.15, -0.1) is 0 Å². The fraction of sp³-hybridized carbons (Fsp3) is 0.333. The molecule has 1 aliphatic heterocycles. The molecule has 30 heavy (non-hydrogen) atoms. The molecule has 1 saturated heterocycles. The molecule has 1 saturated carbocycles. The number of carbonyl (C=O) groups excluding carboxylic acids is 1. The van der Waals surface area contributed by atoms with Crippen LogP contribution in [0.3, 0.4) is 0 Å². The minimum atomic E-state index is -0.0798. The van der Waals surface area contributed by atoms with E-state index in [1.165, 1.54) is 6.42 Å². The minimum absolute atomic E-state index is 0.0798. The monoisotopic (exact) mass is 616 g/mol. The first-order chi connectivity index (χ1) is 14.4. The first-order valence-corrected chi connectivity index (χ1v) is 12.4. The van der Waals surface area contributed by atoms with Crippen molar-refractivity contribution in [2.45, 2.75) is 44.8 Å². The van der Waals surface area contributed by atoms with Gasteiger partial charge in [-0.3, -0.25) is 9.69 Å². The van der Waals surface area contributed by atoms with Gasteiger partial charge in [0, 0.05) is 16.6 Å². The standard InChI is InChI=1S/C21H19Br3N2O3S/c22-12-8-16(23)19(17(24)9-12)28-11-15-7-6-14(29-15)10-18-20(27)26(21(30)25-18)13-4-2-1-3-5-13/h6-10,13H,1-5,11H2,(H,25,30)/b18-10+. The average molecular weight is 619 g/mol. The second-order valence-electron chi connectivity index (χ2n) is 7.25. The van der Waals surface area contributed by atoms with Crippen LogP contribution in [0.4, 0.5) is 0 Å². The molecule has 1 N–H and O–H groups in total. The molecule has 0 spiro atoms. The van der Waals surface area contributed by atoms with Crippen LogP contribution in [-0.4, -0.2) is 22.0 Å². The third-order valence-electron chi connectivity index (χ3n) is 5.14. The average Bonchev–Trinajstić information content (AvgIpc) is 3.25. The Hall–Kier alpha value is -1.16. The van der Waals surface area contributed by atoms with E-state index in [9.17, 15) is 4.79 Å². The van der Waals surface area contributed by atoms with Gasteiger partial charge < -0.3 is 14.5 Å². The van der Waals surface area contributed by atoms with Crippen molar-refractivity contribution in [1.82, 2.24) is 10.2 Å². The Kier molecular flexibility index (Phi) is 7.01. The Labute approximate surface area is 205 Å². The highest BCUT2D eigenvalue weighted by Gasteiger charge is 2.36. The quantitative estimate of drug-likeness (QED) is 0.305. The van der Waals surface area contributed by atoms with Crippen molar-refractivity contribution in [1.29, 1.82) is 0 Å². The summed E-state index contributed by atoms with van der Waals surface area (Å²) in [4.78, 5) is 14.6. The number of ether oxygens (including phenoxy) is 1. The summed E-state index contributed by atoms with van der Waals surface area (Å²) in [6.07, 6.45) is 7.22. The van der Waals surface area contributed by atoms with Crippen molar-refractivity contribution in [3.05, 3.63) is 54.9 Å². The van der Waals surface area contributed by atoms with Gasteiger partial charge in [-0.2, -0.15) is 0 Å². The van der Waals surface area contributed by atoms with Gasteiger partial charge in [0.05, 0.1) is 8.95 Å². The van der Waals surface area contributed by atoms with Crippen LogP contribution in [0.5, 0.6) is 5.75 Å². The van der Waals surface area contributed by atoms with Crippen LogP contribution in [0, 0.1) is 0 Å². The largest absolute Gasteiger partial charge is 0.483 e. The van der Waals surface area contributed by atoms with E-state index in [1.807, 2.05) is 24.3 Å². The number of hydrogen-bond donors (Lipinski definition) is 1. The lowest BCUT2D eigenvalue weighted by atomic mass is 9.94. The zero-order valence-corrected chi connectivity index (χ0v) is 21.5. The number of carbonyl (C=O) groups is 1. The lowest BCUT2D eigenvalue weighted by Crippen LogP contribution is -2.41. The van der Waals surface area contributed by atoms with Gasteiger partial charge in [-0.05, 0) is 81.2 Å². The molecule has 1 aliphatic carbocycles. The van der Waals surface area contributed by atoms with Crippen LogP contribution in [0.1, 0.15) is 43.6 Å². The van der Waals surface area contributed by atoms with Gasteiger partial charge in [-0.1, -0.05) is 35.2 Å². The summed E-state index contributed by atoms with van der Waals surface area (Å²) < 4.78 is 14.3. The van der Waals surface area contributed by atoms with E-state index in [2.05, 4.69) is 53.1 Å². The number of rotatable bonds is 5. The third kappa shape index (κ3) is 4.84. The molecule has 9 heteroatoms. The highest BCUT2D eigenvalue weighted by molar-refractivity contribution is 9.11. The Balaban J connectivity index is 1.43. The number of furan rings is 1. The predicted octanol–water partition coefficient (Wildman–Crippen LogP) is 6.54. The maximum atomic E-state index is 12.9. The maximum absolute atomic E-state index is 12.9. The van der Waals surface area contributed by atoms with Crippen LogP contribution >= 0.6 is 60.0 Å². The molecule has 2 aromatic rings. The molecule has 1 aromatic carbocycles. The third-order valence-corrected chi connectivity index (χ3v) is 7.07. The van der Waals surface area contributed by atoms with Crippen molar-refractivity contribution in [3.8, 4) is 5.75 Å². The molecule has 0 unspecified atom stereocenters. The number of nitrogens with zero attached hydrogens (tertiary/aromatic N) is 1. The van der Waals surface area contributed by atoms with Gasteiger partial charge in [-0.25, -0.2) is 0 Å². The van der Waals surface area contributed by atoms with Crippen molar-refractivity contribution in [2.24, 2.45) is 0 Å². The number of amides is 1.